The Bertz CT molecular complexity index is 1340. The summed E-state index contributed by atoms with van der Waals surface area (Å²) in [6.45, 7) is 16.3. The van der Waals surface area contributed by atoms with Crippen LogP contribution in [0.1, 0.15) is 99.0 Å². The van der Waals surface area contributed by atoms with Crippen molar-refractivity contribution >= 4 is 19.1 Å². The molecule has 0 aromatic heterocycles. The van der Waals surface area contributed by atoms with Gasteiger partial charge in [0.2, 0.25) is 5.91 Å². The van der Waals surface area contributed by atoms with Crippen LogP contribution in [0.3, 0.4) is 0 Å². The normalized spacial score (nSPS) is 34.1. The van der Waals surface area contributed by atoms with E-state index in [0.717, 1.165) is 37.7 Å². The van der Waals surface area contributed by atoms with Crippen molar-refractivity contribution in [1.82, 2.24) is 15.5 Å². The standard InChI is InChI=1S/C36H53BN4O4/c1-24(2)18-32(3,4)27(20-38)30(42)41-16-12-11-15-26(41)21-39-31(43)40-29(17-25-13-9-8-10-14-25)37-44-28-19-35-22-36(23-35,33(35,5)6)34(28,7)45-37/h8-10,13-14,24,26-29H,11-12,15-19,21-23H2,1-7H3,(H2,39,40,43)/t26-,27?,28-,29+,34-,35?,36?/m1/s1. The SMILES string of the molecule is CC(C)CC(C)(C)C(C#N)C(=O)N1CCCC[C@@H]1CNC(=O)N[C@@H](Cc1ccccc1)B1O[C@@H]2CC34CC(C3)(C4(C)C)[C@]2(C)O1. The molecule has 2 N–H and O–H groups in total. The summed E-state index contributed by atoms with van der Waals surface area (Å²) >= 11 is 0. The highest BCUT2D eigenvalue weighted by Gasteiger charge is 2.91. The highest BCUT2D eigenvalue weighted by atomic mass is 16.7. The number of urea groups is 1. The van der Waals surface area contributed by atoms with E-state index in [4.69, 9.17) is 9.31 Å². The molecule has 2 heterocycles. The van der Waals surface area contributed by atoms with Crippen LogP contribution in [0.25, 0.3) is 0 Å². The monoisotopic (exact) mass is 616 g/mol. The van der Waals surface area contributed by atoms with Crippen LogP contribution >= 0.6 is 0 Å². The van der Waals surface area contributed by atoms with Crippen molar-refractivity contribution in [3.63, 3.8) is 0 Å². The molecule has 3 amide bonds. The van der Waals surface area contributed by atoms with Gasteiger partial charge in [0.1, 0.15) is 5.92 Å². The largest absolute Gasteiger partial charge is 0.482 e. The lowest BCUT2D eigenvalue weighted by molar-refractivity contribution is -0.434. The van der Waals surface area contributed by atoms with Crippen molar-refractivity contribution in [2.75, 3.05) is 13.1 Å². The average Bonchev–Trinajstić information content (AvgIpc) is 3.33. The van der Waals surface area contributed by atoms with Crippen LogP contribution in [0, 0.1) is 44.8 Å². The minimum atomic E-state index is -0.716. The first-order chi connectivity index (χ1) is 21.2. The highest BCUT2D eigenvalue weighted by Crippen LogP contribution is 2.92. The number of piperidine rings is 1. The van der Waals surface area contributed by atoms with E-state index in [0.29, 0.717) is 30.8 Å². The Morgan fingerprint density at radius 1 is 1.16 bits per heavy atom. The van der Waals surface area contributed by atoms with Crippen LogP contribution in [0.2, 0.25) is 0 Å². The van der Waals surface area contributed by atoms with Crippen LogP contribution in [-0.2, 0) is 20.5 Å². The second kappa shape index (κ2) is 11.3. The summed E-state index contributed by atoms with van der Waals surface area (Å²) in [6.07, 6.45) is 7.57. The van der Waals surface area contributed by atoms with Crippen LogP contribution in [0.5, 0.6) is 0 Å². The molecule has 0 radical (unpaired) electrons. The lowest BCUT2D eigenvalue weighted by Crippen LogP contribution is -2.88. The molecule has 6 aliphatic carbocycles. The molecule has 244 valence electrons. The van der Waals surface area contributed by atoms with Gasteiger partial charge in [-0.2, -0.15) is 5.26 Å². The smallest absolute Gasteiger partial charge is 0.404 e. The van der Waals surface area contributed by atoms with Crippen molar-refractivity contribution in [1.29, 1.82) is 5.26 Å². The van der Waals surface area contributed by atoms with Gasteiger partial charge in [-0.25, -0.2) is 4.79 Å². The number of carbonyl (C=O) groups is 2. The van der Waals surface area contributed by atoms with Crippen molar-refractivity contribution in [2.45, 2.75) is 124 Å². The lowest BCUT2D eigenvalue weighted by Gasteiger charge is -2.90. The van der Waals surface area contributed by atoms with Crippen LogP contribution in [0.4, 0.5) is 4.79 Å². The third kappa shape index (κ3) is 5.01. The van der Waals surface area contributed by atoms with Gasteiger partial charge in [0, 0.05) is 24.5 Å². The zero-order chi connectivity index (χ0) is 32.4. The zero-order valence-electron chi connectivity index (χ0n) is 28.4. The summed E-state index contributed by atoms with van der Waals surface area (Å²) in [5.74, 6) is -0.812. The molecule has 6 saturated carbocycles. The summed E-state index contributed by atoms with van der Waals surface area (Å²) in [5.41, 5.74) is 1.07. The highest BCUT2D eigenvalue weighted by molar-refractivity contribution is 6.48. The fraction of sp³-hybridized carbons (Fsp3) is 0.750. The molecular formula is C36H53BN4O4. The summed E-state index contributed by atoms with van der Waals surface area (Å²) in [4.78, 5) is 29.2. The molecule has 8 nitrogen and oxygen atoms in total. The Balaban J connectivity index is 1.13. The van der Waals surface area contributed by atoms with E-state index in [1.165, 1.54) is 12.8 Å². The van der Waals surface area contributed by atoms with Crippen molar-refractivity contribution in [3.8, 4) is 6.07 Å². The number of nitriles is 1. The van der Waals surface area contributed by atoms with Gasteiger partial charge in [-0.15, -0.1) is 0 Å². The minimum absolute atomic E-state index is 0.0380. The summed E-state index contributed by atoms with van der Waals surface area (Å²) in [5, 5.41) is 16.4. The molecule has 8 fully saturated rings. The number of likely N-dealkylation sites (tertiary alicyclic amines) is 1. The molecule has 2 aliphatic heterocycles. The third-order valence-electron chi connectivity index (χ3n) is 13.0. The second-order valence-electron chi connectivity index (χ2n) is 16.7. The Kier molecular flexibility index (Phi) is 8.13. The molecule has 5 atom stereocenters. The van der Waals surface area contributed by atoms with Gasteiger partial charge in [0.05, 0.1) is 23.7 Å². The van der Waals surface area contributed by atoms with Crippen LogP contribution in [-0.4, -0.2) is 60.7 Å². The predicted molar refractivity (Wildman–Crippen MR) is 175 cm³/mol. The molecule has 1 aromatic rings. The van der Waals surface area contributed by atoms with E-state index in [-0.39, 0.29) is 46.5 Å². The third-order valence-corrected chi connectivity index (χ3v) is 13.0. The number of rotatable bonds is 10. The number of amides is 3. The number of nitrogens with zero attached hydrogens (tertiary/aromatic N) is 2. The van der Waals surface area contributed by atoms with Gasteiger partial charge in [0.15, 0.2) is 0 Å². The molecule has 1 unspecified atom stereocenters. The maximum absolute atomic E-state index is 13.8. The van der Waals surface area contributed by atoms with Gasteiger partial charge in [-0.05, 0) is 86.0 Å². The topological polar surface area (TPSA) is 104 Å². The Hall–Kier alpha value is -2.57. The van der Waals surface area contributed by atoms with Gasteiger partial charge in [-0.3, -0.25) is 4.79 Å². The number of carbonyl (C=O) groups excluding carboxylic acids is 2. The Labute approximate surface area is 270 Å². The zero-order valence-corrected chi connectivity index (χ0v) is 28.4. The molecule has 2 saturated heterocycles. The molecule has 2 bridgehead atoms. The maximum atomic E-state index is 13.8. The predicted octanol–water partition coefficient (Wildman–Crippen LogP) is 5.90. The molecule has 1 aromatic carbocycles. The van der Waals surface area contributed by atoms with E-state index >= 15 is 0 Å². The summed E-state index contributed by atoms with van der Waals surface area (Å²) in [7, 11) is -0.541. The number of hydrogen-bond acceptors (Lipinski definition) is 5. The number of benzene rings is 1. The Morgan fingerprint density at radius 2 is 1.87 bits per heavy atom. The first-order valence-electron chi connectivity index (χ1n) is 17.3. The second-order valence-corrected chi connectivity index (χ2v) is 16.7. The fourth-order valence-corrected chi connectivity index (χ4v) is 10.4. The lowest BCUT2D eigenvalue weighted by atomic mass is 9.15. The molecule has 9 rings (SSSR count). The van der Waals surface area contributed by atoms with Crippen molar-refractivity contribution in [2.24, 2.45) is 33.5 Å². The first-order valence-corrected chi connectivity index (χ1v) is 17.3. The van der Waals surface area contributed by atoms with Gasteiger partial charge in [0.25, 0.3) is 0 Å². The average molecular weight is 617 g/mol. The van der Waals surface area contributed by atoms with Gasteiger partial charge in [-0.1, -0.05) is 71.9 Å². The summed E-state index contributed by atoms with van der Waals surface area (Å²) in [6, 6.07) is 12.1. The molecule has 8 aliphatic rings. The van der Waals surface area contributed by atoms with Crippen LogP contribution < -0.4 is 10.6 Å². The van der Waals surface area contributed by atoms with E-state index in [9.17, 15) is 14.9 Å². The number of nitrogens with one attached hydrogen (secondary N) is 2. The molecule has 9 heteroatoms. The number of hydrogen-bond donors (Lipinski definition) is 2. The van der Waals surface area contributed by atoms with Gasteiger partial charge < -0.3 is 24.8 Å². The summed E-state index contributed by atoms with van der Waals surface area (Å²) < 4.78 is 13.6. The van der Waals surface area contributed by atoms with E-state index in [1.54, 1.807) is 0 Å². The van der Waals surface area contributed by atoms with Gasteiger partial charge >= 0.3 is 13.1 Å². The van der Waals surface area contributed by atoms with Crippen molar-refractivity contribution < 1.29 is 18.9 Å². The quantitative estimate of drug-likeness (QED) is 0.319. The van der Waals surface area contributed by atoms with Crippen molar-refractivity contribution in [3.05, 3.63) is 35.9 Å². The fourth-order valence-electron chi connectivity index (χ4n) is 10.4. The Morgan fingerprint density at radius 3 is 2.51 bits per heavy atom. The van der Waals surface area contributed by atoms with E-state index < -0.39 is 18.5 Å². The van der Waals surface area contributed by atoms with Crippen LogP contribution in [0.15, 0.2) is 30.3 Å². The minimum Gasteiger partial charge on any atom is -0.404 e. The van der Waals surface area contributed by atoms with E-state index in [2.05, 4.69) is 63.5 Å². The maximum Gasteiger partial charge on any atom is 0.482 e. The molecular weight excluding hydrogens is 563 g/mol. The van der Waals surface area contributed by atoms with E-state index in [1.807, 2.05) is 36.9 Å². The molecule has 0 spiro atoms. The first kappa shape index (κ1) is 32.4. The molecule has 45 heavy (non-hydrogen) atoms.